The fourth-order valence-electron chi connectivity index (χ4n) is 2.09. The van der Waals surface area contributed by atoms with Gasteiger partial charge < -0.3 is 15.5 Å². The molecule has 0 amide bonds. The predicted molar refractivity (Wildman–Crippen MR) is 71.9 cm³/mol. The van der Waals surface area contributed by atoms with E-state index in [-0.39, 0.29) is 18.2 Å². The number of aliphatic hydroxyl groups is 1. The number of halogens is 2. The van der Waals surface area contributed by atoms with Crippen molar-refractivity contribution in [2.24, 2.45) is 5.92 Å². The van der Waals surface area contributed by atoms with Crippen molar-refractivity contribution in [1.29, 1.82) is 0 Å². The number of carboxylic acids is 1. The average Bonchev–Trinajstić information content (AvgIpc) is 2.29. The zero-order valence-corrected chi connectivity index (χ0v) is 11.7. The summed E-state index contributed by atoms with van der Waals surface area (Å²) in [6.07, 6.45) is 0.497. The van der Waals surface area contributed by atoms with E-state index < -0.39 is 28.8 Å². The van der Waals surface area contributed by atoms with Gasteiger partial charge in [-0.25, -0.2) is 13.6 Å². The number of benzene rings is 1. The number of hydrogen-bond acceptors (Lipinski definition) is 3. The van der Waals surface area contributed by atoms with Crippen LogP contribution >= 0.6 is 0 Å². The average molecular weight is 287 g/mol. The number of anilines is 1. The van der Waals surface area contributed by atoms with Gasteiger partial charge in [0.2, 0.25) is 0 Å². The molecule has 1 rings (SSSR count). The van der Waals surface area contributed by atoms with Gasteiger partial charge in [0.05, 0.1) is 16.9 Å². The van der Waals surface area contributed by atoms with Gasteiger partial charge in [-0.2, -0.15) is 0 Å². The lowest BCUT2D eigenvalue weighted by Crippen LogP contribution is -2.35. The molecule has 0 aromatic heterocycles. The van der Waals surface area contributed by atoms with E-state index in [1.54, 1.807) is 6.92 Å². The van der Waals surface area contributed by atoms with E-state index >= 15 is 0 Å². The van der Waals surface area contributed by atoms with Gasteiger partial charge in [-0.15, -0.1) is 0 Å². The van der Waals surface area contributed by atoms with Crippen LogP contribution in [0.4, 0.5) is 14.5 Å². The number of carboxylic acid groups (broad SMARTS) is 1. The largest absolute Gasteiger partial charge is 0.478 e. The van der Waals surface area contributed by atoms with Crippen LogP contribution in [0.25, 0.3) is 0 Å². The number of rotatable bonds is 6. The molecule has 0 heterocycles. The Kier molecular flexibility index (Phi) is 5.05. The van der Waals surface area contributed by atoms with Gasteiger partial charge in [0.1, 0.15) is 0 Å². The maximum absolute atomic E-state index is 13.7. The van der Waals surface area contributed by atoms with Gasteiger partial charge in [-0.05, 0) is 31.4 Å². The molecule has 20 heavy (non-hydrogen) atoms. The summed E-state index contributed by atoms with van der Waals surface area (Å²) in [5, 5.41) is 21.4. The molecule has 112 valence electrons. The van der Waals surface area contributed by atoms with Crippen molar-refractivity contribution in [3.05, 3.63) is 29.3 Å². The normalized spacial score (nSPS) is 14.2. The minimum Gasteiger partial charge on any atom is -0.478 e. The molecule has 1 atom stereocenters. The quantitative estimate of drug-likeness (QED) is 0.752. The molecule has 0 bridgehead atoms. The van der Waals surface area contributed by atoms with Crippen LogP contribution in [0.2, 0.25) is 0 Å². The van der Waals surface area contributed by atoms with E-state index in [4.69, 9.17) is 5.11 Å². The van der Waals surface area contributed by atoms with E-state index in [2.05, 4.69) is 5.32 Å². The van der Waals surface area contributed by atoms with Gasteiger partial charge in [-0.3, -0.25) is 0 Å². The van der Waals surface area contributed by atoms with Crippen LogP contribution in [-0.4, -0.2) is 28.3 Å². The highest BCUT2D eigenvalue weighted by Crippen LogP contribution is 2.23. The maximum atomic E-state index is 13.7. The Morgan fingerprint density at radius 1 is 1.35 bits per heavy atom. The second-order valence-electron chi connectivity index (χ2n) is 5.54. The van der Waals surface area contributed by atoms with Crippen LogP contribution in [0, 0.1) is 17.6 Å². The Labute approximate surface area is 116 Å². The molecular weight excluding hydrogens is 268 g/mol. The van der Waals surface area contributed by atoms with Crippen molar-refractivity contribution >= 4 is 11.7 Å². The van der Waals surface area contributed by atoms with Gasteiger partial charge in [0.15, 0.2) is 11.6 Å². The Bertz CT molecular complexity index is 501. The van der Waals surface area contributed by atoms with Crippen LogP contribution in [0.1, 0.15) is 37.6 Å². The molecule has 3 N–H and O–H groups in total. The van der Waals surface area contributed by atoms with Crippen molar-refractivity contribution in [3.8, 4) is 0 Å². The van der Waals surface area contributed by atoms with Crippen molar-refractivity contribution in [1.82, 2.24) is 0 Å². The summed E-state index contributed by atoms with van der Waals surface area (Å²) in [6.45, 7) is 5.51. The topological polar surface area (TPSA) is 69.6 Å². The molecular formula is C14H19F2NO3. The Balaban J connectivity index is 2.85. The molecule has 0 aliphatic heterocycles. The summed E-state index contributed by atoms with van der Waals surface area (Å²) in [5.41, 5.74) is -1.96. The zero-order valence-electron chi connectivity index (χ0n) is 11.7. The lowest BCUT2D eigenvalue weighted by molar-refractivity contribution is 0.0514. The summed E-state index contributed by atoms with van der Waals surface area (Å²) >= 11 is 0. The summed E-state index contributed by atoms with van der Waals surface area (Å²) in [6, 6.07) is 2.13. The zero-order chi connectivity index (χ0) is 15.5. The van der Waals surface area contributed by atoms with Crippen molar-refractivity contribution in [3.63, 3.8) is 0 Å². The molecule has 0 fully saturated rings. The molecule has 0 radical (unpaired) electrons. The molecule has 1 aromatic rings. The van der Waals surface area contributed by atoms with E-state index in [0.29, 0.717) is 6.42 Å². The van der Waals surface area contributed by atoms with Gasteiger partial charge in [0, 0.05) is 6.54 Å². The molecule has 0 saturated carbocycles. The molecule has 0 spiro atoms. The van der Waals surface area contributed by atoms with E-state index in [9.17, 15) is 18.7 Å². The molecule has 0 aliphatic carbocycles. The maximum Gasteiger partial charge on any atom is 0.338 e. The third kappa shape index (κ3) is 4.16. The minimum absolute atomic E-state index is 0.0357. The Morgan fingerprint density at radius 2 is 1.95 bits per heavy atom. The summed E-state index contributed by atoms with van der Waals surface area (Å²) in [5.74, 6) is -3.95. The second kappa shape index (κ2) is 6.17. The van der Waals surface area contributed by atoms with Crippen molar-refractivity contribution < 1.29 is 23.8 Å². The van der Waals surface area contributed by atoms with E-state index in [0.717, 1.165) is 12.1 Å². The monoisotopic (exact) mass is 287 g/mol. The highest BCUT2D eigenvalue weighted by molar-refractivity contribution is 5.88. The van der Waals surface area contributed by atoms with Crippen LogP contribution in [0.15, 0.2) is 12.1 Å². The smallest absolute Gasteiger partial charge is 0.338 e. The van der Waals surface area contributed by atoms with Crippen molar-refractivity contribution in [2.75, 3.05) is 11.9 Å². The number of hydrogen-bond donors (Lipinski definition) is 3. The first kappa shape index (κ1) is 16.4. The molecule has 4 nitrogen and oxygen atoms in total. The lowest BCUT2D eigenvalue weighted by atomic mass is 9.94. The first-order chi connectivity index (χ1) is 9.14. The number of carbonyl (C=O) groups is 1. The number of aromatic carboxylic acids is 1. The summed E-state index contributed by atoms with van der Waals surface area (Å²) in [4.78, 5) is 10.7. The third-order valence-corrected chi connectivity index (χ3v) is 2.82. The molecule has 1 aromatic carbocycles. The Hall–Kier alpha value is -1.69. The fourth-order valence-corrected chi connectivity index (χ4v) is 2.09. The molecule has 1 unspecified atom stereocenters. The first-order valence-electron chi connectivity index (χ1n) is 6.31. The summed E-state index contributed by atoms with van der Waals surface area (Å²) < 4.78 is 27.2. The van der Waals surface area contributed by atoms with Crippen LogP contribution in [0.5, 0.6) is 0 Å². The molecule has 6 heteroatoms. The van der Waals surface area contributed by atoms with Gasteiger partial charge in [0.25, 0.3) is 0 Å². The van der Waals surface area contributed by atoms with Crippen molar-refractivity contribution in [2.45, 2.75) is 32.8 Å². The first-order valence-corrected chi connectivity index (χ1v) is 6.31. The fraction of sp³-hybridized carbons (Fsp3) is 0.500. The lowest BCUT2D eigenvalue weighted by Gasteiger charge is -2.26. The van der Waals surface area contributed by atoms with Gasteiger partial charge >= 0.3 is 5.97 Å². The third-order valence-electron chi connectivity index (χ3n) is 2.82. The van der Waals surface area contributed by atoms with Crippen LogP contribution in [0.3, 0.4) is 0 Å². The summed E-state index contributed by atoms with van der Waals surface area (Å²) in [7, 11) is 0. The SMILES string of the molecule is CC(C)CC(C)(O)CNc1ccc(C(=O)O)c(F)c1F. The number of nitrogens with one attached hydrogen (secondary N) is 1. The second-order valence-corrected chi connectivity index (χ2v) is 5.54. The minimum atomic E-state index is -1.53. The predicted octanol–water partition coefficient (Wildman–Crippen LogP) is 2.87. The van der Waals surface area contributed by atoms with Crippen LogP contribution in [-0.2, 0) is 0 Å². The highest BCUT2D eigenvalue weighted by Gasteiger charge is 2.23. The highest BCUT2D eigenvalue weighted by atomic mass is 19.2. The van der Waals surface area contributed by atoms with E-state index in [1.165, 1.54) is 0 Å². The molecule has 0 saturated heterocycles. The standard InChI is InChI=1S/C14H19F2NO3/c1-8(2)6-14(3,20)7-17-10-5-4-9(13(18)19)11(15)12(10)16/h4-5,8,17,20H,6-7H2,1-3H3,(H,18,19). The Morgan fingerprint density at radius 3 is 2.45 bits per heavy atom. The van der Waals surface area contributed by atoms with Gasteiger partial charge in [-0.1, -0.05) is 13.8 Å². The van der Waals surface area contributed by atoms with Crippen LogP contribution < -0.4 is 5.32 Å². The molecule has 0 aliphatic rings. The van der Waals surface area contributed by atoms with E-state index in [1.807, 2.05) is 13.8 Å².